The van der Waals surface area contributed by atoms with E-state index in [0.29, 0.717) is 13.1 Å². The monoisotopic (exact) mass is 414 g/mol. The van der Waals surface area contributed by atoms with E-state index in [-0.39, 0.29) is 11.8 Å². The number of hydrogen-bond acceptors (Lipinski definition) is 6. The fourth-order valence-corrected chi connectivity index (χ4v) is 3.74. The van der Waals surface area contributed by atoms with E-state index in [0.717, 1.165) is 40.0 Å². The van der Waals surface area contributed by atoms with Crippen LogP contribution in [0.15, 0.2) is 55.0 Å². The summed E-state index contributed by atoms with van der Waals surface area (Å²) in [5.74, 6) is 1.43. The lowest BCUT2D eigenvalue weighted by molar-refractivity contribution is -0.120. The maximum Gasteiger partial charge on any atom is 0.231 e. The number of amides is 1. The lowest BCUT2D eigenvalue weighted by atomic mass is 9.99. The molecule has 0 saturated carbocycles. The highest BCUT2D eigenvalue weighted by molar-refractivity contribution is 5.94. The number of nitrogens with one attached hydrogen (secondary N) is 2. The van der Waals surface area contributed by atoms with Gasteiger partial charge in [0.15, 0.2) is 5.82 Å². The molecule has 4 heterocycles. The molecule has 1 fully saturated rings. The Kier molecular flexibility index (Phi) is 4.70. The van der Waals surface area contributed by atoms with Crippen molar-refractivity contribution in [2.75, 3.05) is 23.3 Å². The van der Waals surface area contributed by atoms with Crippen molar-refractivity contribution in [3.05, 3.63) is 66.4 Å². The smallest absolute Gasteiger partial charge is 0.231 e. The molecule has 0 aliphatic carbocycles. The molecule has 0 unspecified atom stereocenters. The summed E-state index contributed by atoms with van der Waals surface area (Å²) in [6, 6.07) is 13.5. The van der Waals surface area contributed by atoms with Crippen LogP contribution in [-0.2, 0) is 4.79 Å². The van der Waals surface area contributed by atoms with Crippen LogP contribution in [0.25, 0.3) is 17.1 Å². The highest BCUT2D eigenvalue weighted by atomic mass is 16.2. The molecule has 9 nitrogen and oxygen atoms in total. The van der Waals surface area contributed by atoms with Gasteiger partial charge in [0.2, 0.25) is 5.91 Å². The summed E-state index contributed by atoms with van der Waals surface area (Å²) in [6.07, 6.45) is 3.24. The van der Waals surface area contributed by atoms with Crippen LogP contribution < -0.4 is 10.2 Å². The van der Waals surface area contributed by atoms with Gasteiger partial charge in [0.05, 0.1) is 17.3 Å². The average molecular weight is 414 g/mol. The van der Waals surface area contributed by atoms with Crippen LogP contribution >= 0.6 is 0 Å². The summed E-state index contributed by atoms with van der Waals surface area (Å²) in [5, 5.41) is 14.4. The SMILES string of the molecule is Cc1cc(C)n(-c2cc(N3CC(C(=O)Nc4cccc(-c5ccn[nH]5)c4)C3)ncn2)n1. The normalized spacial score (nSPS) is 13.8. The molecular formula is C22H22N8O. The first-order valence-corrected chi connectivity index (χ1v) is 10.1. The van der Waals surface area contributed by atoms with Crippen molar-refractivity contribution in [1.29, 1.82) is 0 Å². The van der Waals surface area contributed by atoms with Gasteiger partial charge in [0.25, 0.3) is 0 Å². The number of aryl methyl sites for hydroxylation is 2. The number of hydrogen-bond donors (Lipinski definition) is 2. The Morgan fingerprint density at radius 3 is 2.68 bits per heavy atom. The molecule has 2 N–H and O–H groups in total. The first-order valence-electron chi connectivity index (χ1n) is 10.1. The molecule has 5 rings (SSSR count). The van der Waals surface area contributed by atoms with Gasteiger partial charge in [-0.3, -0.25) is 9.89 Å². The molecule has 3 aromatic heterocycles. The number of carbonyl (C=O) groups excluding carboxylic acids is 1. The lowest BCUT2D eigenvalue weighted by Gasteiger charge is -2.39. The molecule has 0 radical (unpaired) electrons. The van der Waals surface area contributed by atoms with Gasteiger partial charge in [-0.1, -0.05) is 12.1 Å². The molecule has 0 bridgehead atoms. The predicted octanol–water partition coefficient (Wildman–Crippen LogP) is 2.74. The van der Waals surface area contributed by atoms with Gasteiger partial charge < -0.3 is 10.2 Å². The molecule has 1 amide bonds. The van der Waals surface area contributed by atoms with Gasteiger partial charge in [-0.2, -0.15) is 10.2 Å². The largest absolute Gasteiger partial charge is 0.355 e. The minimum absolute atomic E-state index is 0.00540. The Labute approximate surface area is 179 Å². The van der Waals surface area contributed by atoms with Crippen molar-refractivity contribution in [3.63, 3.8) is 0 Å². The standard InChI is InChI=1S/C22H22N8O/c1-14-8-15(2)30(28-14)21-10-20(23-13-24-21)29-11-17(12-29)22(31)26-18-5-3-4-16(9-18)19-6-7-25-27-19/h3-10,13,17H,11-12H2,1-2H3,(H,25,27)(H,26,31). The Morgan fingerprint density at radius 1 is 1.10 bits per heavy atom. The van der Waals surface area contributed by atoms with Gasteiger partial charge in [-0.15, -0.1) is 0 Å². The van der Waals surface area contributed by atoms with Crippen molar-refractivity contribution in [1.82, 2.24) is 29.9 Å². The van der Waals surface area contributed by atoms with Crippen molar-refractivity contribution >= 4 is 17.4 Å². The Bertz CT molecular complexity index is 1220. The second-order valence-corrected chi connectivity index (χ2v) is 7.72. The first-order chi connectivity index (χ1) is 15.1. The Hall–Kier alpha value is -4.01. The molecule has 1 saturated heterocycles. The molecule has 4 aromatic rings. The molecule has 0 spiro atoms. The van der Waals surface area contributed by atoms with E-state index in [1.54, 1.807) is 10.9 Å². The topological polar surface area (TPSA) is 105 Å². The van der Waals surface area contributed by atoms with Gasteiger partial charge >= 0.3 is 0 Å². The quantitative estimate of drug-likeness (QED) is 0.520. The van der Waals surface area contributed by atoms with Crippen molar-refractivity contribution < 1.29 is 4.79 Å². The predicted molar refractivity (Wildman–Crippen MR) is 117 cm³/mol. The second kappa shape index (κ2) is 7.67. The summed E-state index contributed by atoms with van der Waals surface area (Å²) in [6.45, 7) is 5.17. The number of rotatable bonds is 5. The minimum atomic E-state index is -0.0945. The van der Waals surface area contributed by atoms with Gasteiger partial charge in [-0.05, 0) is 38.1 Å². The highest BCUT2D eigenvalue weighted by Crippen LogP contribution is 2.26. The van der Waals surface area contributed by atoms with Crippen molar-refractivity contribution in [2.24, 2.45) is 5.92 Å². The van der Waals surface area contributed by atoms with Crippen LogP contribution in [0.3, 0.4) is 0 Å². The molecule has 31 heavy (non-hydrogen) atoms. The number of carbonyl (C=O) groups is 1. The second-order valence-electron chi connectivity index (χ2n) is 7.72. The van der Waals surface area contributed by atoms with E-state index in [1.807, 2.05) is 56.3 Å². The average Bonchev–Trinajstić information content (AvgIpc) is 3.37. The third-order valence-electron chi connectivity index (χ3n) is 5.38. The summed E-state index contributed by atoms with van der Waals surface area (Å²) in [7, 11) is 0. The van der Waals surface area contributed by atoms with Crippen LogP contribution in [0.2, 0.25) is 0 Å². The third-order valence-corrected chi connectivity index (χ3v) is 5.38. The van der Waals surface area contributed by atoms with E-state index < -0.39 is 0 Å². The summed E-state index contributed by atoms with van der Waals surface area (Å²) in [5.41, 5.74) is 4.61. The number of benzene rings is 1. The van der Waals surface area contributed by atoms with Crippen molar-refractivity contribution in [2.45, 2.75) is 13.8 Å². The van der Waals surface area contributed by atoms with E-state index >= 15 is 0 Å². The molecule has 1 aliphatic rings. The van der Waals surface area contributed by atoms with Crippen LogP contribution in [0.1, 0.15) is 11.4 Å². The fourth-order valence-electron chi connectivity index (χ4n) is 3.74. The van der Waals surface area contributed by atoms with E-state index in [1.165, 1.54) is 6.33 Å². The van der Waals surface area contributed by atoms with Crippen LogP contribution in [0.5, 0.6) is 0 Å². The third kappa shape index (κ3) is 3.77. The zero-order valence-corrected chi connectivity index (χ0v) is 17.3. The number of aromatic nitrogens is 6. The van der Waals surface area contributed by atoms with E-state index in [9.17, 15) is 4.79 Å². The Morgan fingerprint density at radius 2 is 1.94 bits per heavy atom. The molecule has 1 aromatic carbocycles. The fraction of sp³-hybridized carbons (Fsp3) is 0.227. The summed E-state index contributed by atoms with van der Waals surface area (Å²) < 4.78 is 1.80. The van der Waals surface area contributed by atoms with Gasteiger partial charge in [0, 0.05) is 42.3 Å². The van der Waals surface area contributed by atoms with E-state index in [2.05, 4.69) is 35.5 Å². The number of anilines is 2. The van der Waals surface area contributed by atoms with Gasteiger partial charge in [-0.25, -0.2) is 14.6 Å². The maximum atomic E-state index is 12.7. The zero-order valence-electron chi connectivity index (χ0n) is 17.3. The van der Waals surface area contributed by atoms with Crippen LogP contribution in [0.4, 0.5) is 11.5 Å². The summed E-state index contributed by atoms with van der Waals surface area (Å²) >= 11 is 0. The minimum Gasteiger partial charge on any atom is -0.355 e. The van der Waals surface area contributed by atoms with Crippen molar-refractivity contribution in [3.8, 4) is 17.1 Å². The first kappa shape index (κ1) is 19.0. The van der Waals surface area contributed by atoms with Crippen LogP contribution in [-0.4, -0.2) is 48.9 Å². The molecule has 0 atom stereocenters. The number of nitrogens with zero attached hydrogens (tertiary/aromatic N) is 6. The molecule has 1 aliphatic heterocycles. The number of H-pyrrole nitrogens is 1. The summed E-state index contributed by atoms with van der Waals surface area (Å²) in [4.78, 5) is 23.5. The lowest BCUT2D eigenvalue weighted by Crippen LogP contribution is -2.52. The maximum absolute atomic E-state index is 12.7. The Balaban J connectivity index is 1.23. The number of aromatic amines is 1. The zero-order chi connectivity index (χ0) is 21.4. The highest BCUT2D eigenvalue weighted by Gasteiger charge is 2.33. The van der Waals surface area contributed by atoms with Crippen LogP contribution in [0, 0.1) is 19.8 Å². The van der Waals surface area contributed by atoms with E-state index in [4.69, 9.17) is 0 Å². The molecule has 9 heteroatoms. The van der Waals surface area contributed by atoms with Gasteiger partial charge in [0.1, 0.15) is 12.1 Å². The molecule has 156 valence electrons. The molecular weight excluding hydrogens is 392 g/mol.